The lowest BCUT2D eigenvalue weighted by atomic mass is 9.82. The van der Waals surface area contributed by atoms with E-state index in [1.54, 1.807) is 37.3 Å². The van der Waals surface area contributed by atoms with Crippen LogP contribution in [0.2, 0.25) is 0 Å². The molecule has 3 rings (SSSR count). The Hall–Kier alpha value is -2.54. The van der Waals surface area contributed by atoms with Gasteiger partial charge in [-0.3, -0.25) is 9.59 Å². The lowest BCUT2D eigenvalue weighted by Crippen LogP contribution is -2.61. The number of hydrogen-bond acceptors (Lipinski definition) is 14. The van der Waals surface area contributed by atoms with Gasteiger partial charge in [0.15, 0.2) is 12.1 Å². The highest BCUT2D eigenvalue weighted by atomic mass is 16.7. The third kappa shape index (κ3) is 13.4. The normalized spacial score (nSPS) is 42.9. The number of aliphatic carboxylic acids is 1. The molecule has 3 aliphatic rings. The van der Waals surface area contributed by atoms with Crippen LogP contribution < -0.4 is 5.73 Å². The SMILES string of the molecule is CC(C)C1CCCC=C\C=C/C=C\C=C/C(OC2OC(C)C(O)C(N)C2O)CC2OC(O)(CC(O)CC(O)C(O)CCC(=O)O1)CC(O)C2C(=O)O. The second-order valence-corrected chi connectivity index (χ2v) is 14.5. The van der Waals surface area contributed by atoms with Gasteiger partial charge in [-0.25, -0.2) is 0 Å². The molecule has 0 aromatic rings. The van der Waals surface area contributed by atoms with Crippen molar-refractivity contribution in [3.63, 3.8) is 0 Å². The summed E-state index contributed by atoms with van der Waals surface area (Å²) in [5.41, 5.74) is 5.99. The molecule has 15 nitrogen and oxygen atoms in total. The molecule has 14 unspecified atom stereocenters. The van der Waals surface area contributed by atoms with Gasteiger partial charge in [0, 0.05) is 32.1 Å². The second-order valence-electron chi connectivity index (χ2n) is 14.5. The molecule has 296 valence electrons. The highest BCUT2D eigenvalue weighted by Gasteiger charge is 2.51. The average molecular weight is 742 g/mol. The number of carbonyl (C=O) groups excluding carboxylic acids is 1. The number of aliphatic hydroxyl groups excluding tert-OH is 6. The van der Waals surface area contributed by atoms with Gasteiger partial charge in [0.1, 0.15) is 18.1 Å². The van der Waals surface area contributed by atoms with Crippen LogP contribution in [0.1, 0.15) is 78.6 Å². The van der Waals surface area contributed by atoms with E-state index < -0.39 is 110 Å². The maximum absolute atomic E-state index is 12.6. The number of fused-ring (bicyclic) bond motifs is 2. The van der Waals surface area contributed by atoms with Gasteiger partial charge in [0.05, 0.1) is 54.9 Å². The highest BCUT2D eigenvalue weighted by molar-refractivity contribution is 5.71. The zero-order valence-corrected chi connectivity index (χ0v) is 30.2. The van der Waals surface area contributed by atoms with Crippen molar-refractivity contribution < 1.29 is 69.4 Å². The molecule has 0 aromatic carbocycles. The van der Waals surface area contributed by atoms with Gasteiger partial charge in [0.2, 0.25) is 0 Å². The zero-order valence-electron chi connectivity index (χ0n) is 30.2. The zero-order chi connectivity index (χ0) is 38.6. The van der Waals surface area contributed by atoms with E-state index in [0.29, 0.717) is 6.42 Å². The van der Waals surface area contributed by atoms with E-state index in [2.05, 4.69) is 0 Å². The van der Waals surface area contributed by atoms with E-state index in [4.69, 9.17) is 24.7 Å². The van der Waals surface area contributed by atoms with Crippen molar-refractivity contribution >= 4 is 11.9 Å². The molecule has 0 aromatic heterocycles. The van der Waals surface area contributed by atoms with Gasteiger partial charge in [-0.1, -0.05) is 62.5 Å². The number of carboxylic acid groups (broad SMARTS) is 1. The maximum atomic E-state index is 12.6. The fraction of sp³-hybridized carbons (Fsp3) is 0.730. The molecular weight excluding hydrogens is 682 g/mol. The number of carbonyl (C=O) groups is 2. The van der Waals surface area contributed by atoms with E-state index in [1.165, 1.54) is 0 Å². The van der Waals surface area contributed by atoms with Crippen LogP contribution in [0.3, 0.4) is 0 Å². The molecule has 14 atom stereocenters. The number of esters is 1. The van der Waals surface area contributed by atoms with Crippen LogP contribution in [0.5, 0.6) is 0 Å². The van der Waals surface area contributed by atoms with Crippen molar-refractivity contribution in [3.05, 3.63) is 48.6 Å². The third-order valence-electron chi connectivity index (χ3n) is 9.73. The molecule has 0 amide bonds. The maximum Gasteiger partial charge on any atom is 0.311 e. The topological polar surface area (TPSA) is 259 Å². The van der Waals surface area contributed by atoms with Gasteiger partial charge < -0.3 is 65.5 Å². The molecule has 2 bridgehead atoms. The number of ether oxygens (including phenoxy) is 4. The van der Waals surface area contributed by atoms with Gasteiger partial charge in [-0.15, -0.1) is 0 Å². The molecule has 52 heavy (non-hydrogen) atoms. The summed E-state index contributed by atoms with van der Waals surface area (Å²) < 4.78 is 23.2. The van der Waals surface area contributed by atoms with Crippen LogP contribution >= 0.6 is 0 Å². The standard InChI is InChI=1S/C37H59NO14/c1-21(2)28-14-12-10-8-6-4-5-7-9-11-13-24(50-36-34(45)32(38)33(44)22(3)49-36)18-29-31(35(46)47)27(42)20-37(48,52-29)19-23(39)17-26(41)25(40)15-16-30(43)51-28/h4-9,11,13,21-29,31-34,36,39-42,44-45,48H,10,12,14-20,38H2,1-3H3,(H,46,47)/b5-4-,8-6?,9-7-,13-11-. The summed E-state index contributed by atoms with van der Waals surface area (Å²) in [6, 6.07) is -1.11. The summed E-state index contributed by atoms with van der Waals surface area (Å²) in [5.74, 6) is -5.65. The molecular formula is C37H59NO14. The van der Waals surface area contributed by atoms with Crippen LogP contribution in [0.25, 0.3) is 0 Å². The first kappa shape index (κ1) is 43.9. The first-order valence-electron chi connectivity index (χ1n) is 18.1. The van der Waals surface area contributed by atoms with Crippen LogP contribution in [-0.4, -0.2) is 132 Å². The van der Waals surface area contributed by atoms with E-state index in [9.17, 15) is 50.4 Å². The van der Waals surface area contributed by atoms with Crippen molar-refractivity contribution in [2.45, 2.75) is 158 Å². The summed E-state index contributed by atoms with van der Waals surface area (Å²) >= 11 is 0. The number of aliphatic hydroxyl groups is 7. The van der Waals surface area contributed by atoms with Crippen LogP contribution in [0.15, 0.2) is 48.6 Å². The fourth-order valence-electron chi connectivity index (χ4n) is 6.67. The largest absolute Gasteiger partial charge is 0.481 e. The average Bonchev–Trinajstić information content (AvgIpc) is 3.05. The quantitative estimate of drug-likeness (QED) is 0.180. The fourth-order valence-corrected chi connectivity index (χ4v) is 6.67. The lowest BCUT2D eigenvalue weighted by Gasteiger charge is -2.45. The minimum Gasteiger partial charge on any atom is -0.481 e. The molecule has 10 N–H and O–H groups in total. The predicted molar refractivity (Wildman–Crippen MR) is 187 cm³/mol. The molecule has 15 heteroatoms. The molecule has 0 radical (unpaired) electrons. The summed E-state index contributed by atoms with van der Waals surface area (Å²) in [7, 11) is 0. The van der Waals surface area contributed by atoms with Crippen LogP contribution in [-0.2, 0) is 28.5 Å². The number of rotatable bonds is 4. The smallest absolute Gasteiger partial charge is 0.311 e. The molecule has 0 saturated carbocycles. The van der Waals surface area contributed by atoms with E-state index in [0.717, 1.165) is 12.8 Å². The Balaban J connectivity index is 1.88. The van der Waals surface area contributed by atoms with E-state index in [-0.39, 0.29) is 31.3 Å². The third-order valence-corrected chi connectivity index (χ3v) is 9.73. The Morgan fingerprint density at radius 2 is 1.60 bits per heavy atom. The summed E-state index contributed by atoms with van der Waals surface area (Å²) in [6.45, 7) is 5.45. The Kier molecular flexibility index (Phi) is 17.5. The molecule has 0 aliphatic carbocycles. The summed E-state index contributed by atoms with van der Waals surface area (Å²) in [6.07, 6.45) is 0.558. The minimum absolute atomic E-state index is 0.0690. The second kappa shape index (κ2) is 20.8. The first-order chi connectivity index (χ1) is 24.5. The van der Waals surface area contributed by atoms with Crippen molar-refractivity contribution in [2.75, 3.05) is 0 Å². The Bertz CT molecular complexity index is 1240. The Morgan fingerprint density at radius 3 is 2.27 bits per heavy atom. The van der Waals surface area contributed by atoms with E-state index in [1.807, 2.05) is 32.1 Å². The van der Waals surface area contributed by atoms with Gasteiger partial charge >= 0.3 is 11.9 Å². The van der Waals surface area contributed by atoms with Crippen LogP contribution in [0.4, 0.5) is 0 Å². The monoisotopic (exact) mass is 741 g/mol. The minimum atomic E-state index is -2.25. The van der Waals surface area contributed by atoms with Crippen LogP contribution in [0, 0.1) is 11.8 Å². The van der Waals surface area contributed by atoms with E-state index >= 15 is 0 Å². The van der Waals surface area contributed by atoms with Gasteiger partial charge in [-0.2, -0.15) is 0 Å². The Labute approximate surface area is 305 Å². The molecule has 2 saturated heterocycles. The molecule has 0 spiro atoms. The van der Waals surface area contributed by atoms with Crippen molar-refractivity contribution in [2.24, 2.45) is 17.6 Å². The number of nitrogens with two attached hydrogens (primary N) is 1. The lowest BCUT2D eigenvalue weighted by molar-refractivity contribution is -0.308. The molecule has 3 aliphatic heterocycles. The number of carboxylic acids is 1. The number of hydrogen-bond donors (Lipinski definition) is 9. The predicted octanol–water partition coefficient (Wildman–Crippen LogP) is 0.714. The molecule has 3 heterocycles. The summed E-state index contributed by atoms with van der Waals surface area (Å²) in [5, 5.41) is 85.4. The highest BCUT2D eigenvalue weighted by Crippen LogP contribution is 2.38. The number of allylic oxidation sites excluding steroid dienone is 7. The van der Waals surface area contributed by atoms with Crippen molar-refractivity contribution in [1.82, 2.24) is 0 Å². The Morgan fingerprint density at radius 1 is 0.923 bits per heavy atom. The van der Waals surface area contributed by atoms with Gasteiger partial charge in [-0.05, 0) is 38.5 Å². The number of cyclic esters (lactones) is 1. The first-order valence-corrected chi connectivity index (χ1v) is 18.1. The van der Waals surface area contributed by atoms with Crippen molar-refractivity contribution in [1.29, 1.82) is 0 Å². The van der Waals surface area contributed by atoms with Crippen molar-refractivity contribution in [3.8, 4) is 0 Å². The van der Waals surface area contributed by atoms with Gasteiger partial charge in [0.25, 0.3) is 0 Å². The summed E-state index contributed by atoms with van der Waals surface area (Å²) in [4.78, 5) is 24.9. The molecule has 2 fully saturated rings.